The predicted octanol–water partition coefficient (Wildman–Crippen LogP) is 2.51. The van der Waals surface area contributed by atoms with E-state index in [-0.39, 0.29) is 0 Å². The molecule has 0 aliphatic heterocycles. The molecule has 0 unspecified atom stereocenters. The van der Waals surface area contributed by atoms with E-state index >= 15 is 0 Å². The molecule has 0 saturated heterocycles. The summed E-state index contributed by atoms with van der Waals surface area (Å²) in [6.07, 6.45) is 6.48. The van der Waals surface area contributed by atoms with E-state index in [1.54, 1.807) is 0 Å². The fourth-order valence-corrected chi connectivity index (χ4v) is 2.19. The van der Waals surface area contributed by atoms with Crippen LogP contribution in [0.4, 0.5) is 0 Å². The SMILES string of the molecule is CC(C)(C)C1CCC(O/C=N/N)CC1. The van der Waals surface area contributed by atoms with Crippen LogP contribution in [0.5, 0.6) is 0 Å². The van der Waals surface area contributed by atoms with Crippen molar-refractivity contribution >= 4 is 6.40 Å². The first-order chi connectivity index (χ1) is 6.54. The molecular formula is C11H22N2O. The summed E-state index contributed by atoms with van der Waals surface area (Å²) in [7, 11) is 0. The van der Waals surface area contributed by atoms with Crippen molar-refractivity contribution in [2.75, 3.05) is 0 Å². The molecule has 0 radical (unpaired) electrons. The fraction of sp³-hybridized carbons (Fsp3) is 0.909. The third-order valence-corrected chi connectivity index (χ3v) is 3.21. The number of nitrogens with two attached hydrogens (primary N) is 1. The van der Waals surface area contributed by atoms with Crippen LogP contribution in [0.2, 0.25) is 0 Å². The van der Waals surface area contributed by atoms with Crippen molar-refractivity contribution < 1.29 is 4.74 Å². The summed E-state index contributed by atoms with van der Waals surface area (Å²) in [6, 6.07) is 0. The van der Waals surface area contributed by atoms with E-state index in [0.29, 0.717) is 11.5 Å². The van der Waals surface area contributed by atoms with E-state index in [0.717, 1.165) is 18.8 Å². The lowest BCUT2D eigenvalue weighted by molar-refractivity contribution is 0.0854. The van der Waals surface area contributed by atoms with Crippen molar-refractivity contribution in [1.29, 1.82) is 0 Å². The van der Waals surface area contributed by atoms with Crippen molar-refractivity contribution in [2.24, 2.45) is 22.3 Å². The van der Waals surface area contributed by atoms with Crippen LogP contribution < -0.4 is 5.84 Å². The quantitative estimate of drug-likeness (QED) is 0.321. The molecule has 0 aromatic rings. The number of nitrogens with zero attached hydrogens (tertiary/aromatic N) is 1. The van der Waals surface area contributed by atoms with Crippen LogP contribution in [-0.4, -0.2) is 12.5 Å². The minimum Gasteiger partial charge on any atom is -0.479 e. The summed E-state index contributed by atoms with van der Waals surface area (Å²) in [5.74, 6) is 5.82. The predicted molar refractivity (Wildman–Crippen MR) is 59.0 cm³/mol. The minimum atomic E-state index is 0.334. The van der Waals surface area contributed by atoms with Gasteiger partial charge in [0.2, 0.25) is 0 Å². The van der Waals surface area contributed by atoms with Gasteiger partial charge in [0, 0.05) is 0 Å². The van der Waals surface area contributed by atoms with Gasteiger partial charge in [-0.2, -0.15) is 5.10 Å². The Morgan fingerprint density at radius 3 is 2.21 bits per heavy atom. The van der Waals surface area contributed by atoms with Crippen LogP contribution in [0, 0.1) is 11.3 Å². The van der Waals surface area contributed by atoms with Gasteiger partial charge in [-0.05, 0) is 37.0 Å². The second-order valence-electron chi connectivity index (χ2n) is 5.23. The van der Waals surface area contributed by atoms with Crippen molar-refractivity contribution in [3.05, 3.63) is 0 Å². The zero-order valence-corrected chi connectivity index (χ0v) is 9.49. The van der Waals surface area contributed by atoms with Crippen molar-refractivity contribution in [3.63, 3.8) is 0 Å². The van der Waals surface area contributed by atoms with Crippen LogP contribution in [-0.2, 0) is 4.74 Å². The summed E-state index contributed by atoms with van der Waals surface area (Å²) >= 11 is 0. The van der Waals surface area contributed by atoms with Crippen molar-refractivity contribution in [2.45, 2.75) is 52.6 Å². The van der Waals surface area contributed by atoms with E-state index in [4.69, 9.17) is 10.6 Å². The van der Waals surface area contributed by atoms with Gasteiger partial charge in [0.05, 0.1) is 6.10 Å². The molecule has 0 spiro atoms. The van der Waals surface area contributed by atoms with Gasteiger partial charge in [0.25, 0.3) is 0 Å². The molecule has 82 valence electrons. The highest BCUT2D eigenvalue weighted by atomic mass is 16.5. The molecule has 3 heteroatoms. The van der Waals surface area contributed by atoms with Crippen LogP contribution in [0.25, 0.3) is 0 Å². The molecule has 3 nitrogen and oxygen atoms in total. The first kappa shape index (κ1) is 11.3. The average Bonchev–Trinajstić information content (AvgIpc) is 2.14. The monoisotopic (exact) mass is 198 g/mol. The molecule has 0 heterocycles. The second-order valence-corrected chi connectivity index (χ2v) is 5.23. The molecule has 1 rings (SSSR count). The number of hydrazone groups is 1. The molecular weight excluding hydrogens is 176 g/mol. The highest BCUT2D eigenvalue weighted by molar-refractivity contribution is 5.45. The largest absolute Gasteiger partial charge is 0.479 e. The number of rotatable bonds is 2. The van der Waals surface area contributed by atoms with E-state index in [1.165, 1.54) is 19.2 Å². The van der Waals surface area contributed by atoms with Gasteiger partial charge >= 0.3 is 0 Å². The number of hydrogen-bond donors (Lipinski definition) is 1. The Balaban J connectivity index is 2.31. The number of ether oxygens (including phenoxy) is 1. The first-order valence-electron chi connectivity index (χ1n) is 5.41. The standard InChI is InChI=1S/C11H22N2O/c1-11(2,3)9-4-6-10(7-5-9)14-8-13-12/h8-10H,4-7,12H2,1-3H3/b13-8+. The molecule has 1 fully saturated rings. The lowest BCUT2D eigenvalue weighted by atomic mass is 9.72. The lowest BCUT2D eigenvalue weighted by Gasteiger charge is -2.36. The zero-order valence-electron chi connectivity index (χ0n) is 9.49. The van der Waals surface area contributed by atoms with Gasteiger partial charge in [0.15, 0.2) is 6.40 Å². The molecule has 0 amide bonds. The molecule has 1 aliphatic rings. The highest BCUT2D eigenvalue weighted by Gasteiger charge is 2.29. The topological polar surface area (TPSA) is 47.6 Å². The van der Waals surface area contributed by atoms with Gasteiger partial charge in [-0.15, -0.1) is 0 Å². The van der Waals surface area contributed by atoms with E-state index < -0.39 is 0 Å². The maximum absolute atomic E-state index is 5.38. The third-order valence-electron chi connectivity index (χ3n) is 3.21. The Hall–Kier alpha value is -0.730. The Labute approximate surface area is 86.7 Å². The molecule has 0 aromatic carbocycles. The summed E-state index contributed by atoms with van der Waals surface area (Å²) in [4.78, 5) is 0. The van der Waals surface area contributed by atoms with Gasteiger partial charge in [-0.3, -0.25) is 0 Å². The van der Waals surface area contributed by atoms with E-state index in [9.17, 15) is 0 Å². The van der Waals surface area contributed by atoms with Crippen LogP contribution in [0.15, 0.2) is 5.10 Å². The van der Waals surface area contributed by atoms with Gasteiger partial charge in [-0.25, -0.2) is 0 Å². The second kappa shape index (κ2) is 4.67. The third kappa shape index (κ3) is 3.20. The molecule has 2 N–H and O–H groups in total. The molecule has 1 aliphatic carbocycles. The Morgan fingerprint density at radius 1 is 1.21 bits per heavy atom. The molecule has 0 atom stereocenters. The summed E-state index contributed by atoms with van der Waals surface area (Å²) in [5.41, 5.74) is 0.437. The van der Waals surface area contributed by atoms with Gasteiger partial charge < -0.3 is 10.6 Å². The maximum atomic E-state index is 5.38. The van der Waals surface area contributed by atoms with Crippen LogP contribution >= 0.6 is 0 Å². The highest BCUT2D eigenvalue weighted by Crippen LogP contribution is 2.38. The van der Waals surface area contributed by atoms with Crippen LogP contribution in [0.3, 0.4) is 0 Å². The summed E-state index contributed by atoms with van der Waals surface area (Å²) in [6.45, 7) is 6.96. The normalized spacial score (nSPS) is 29.4. The summed E-state index contributed by atoms with van der Waals surface area (Å²) < 4.78 is 5.38. The molecule has 0 bridgehead atoms. The molecule has 1 saturated carbocycles. The van der Waals surface area contributed by atoms with Gasteiger partial charge in [-0.1, -0.05) is 20.8 Å². The Morgan fingerprint density at radius 2 is 1.79 bits per heavy atom. The fourth-order valence-electron chi connectivity index (χ4n) is 2.19. The van der Waals surface area contributed by atoms with Crippen LogP contribution in [0.1, 0.15) is 46.5 Å². The van der Waals surface area contributed by atoms with Gasteiger partial charge in [0.1, 0.15) is 0 Å². The molecule has 0 aromatic heterocycles. The van der Waals surface area contributed by atoms with E-state index in [1.807, 2.05) is 0 Å². The first-order valence-corrected chi connectivity index (χ1v) is 5.41. The lowest BCUT2D eigenvalue weighted by Crippen LogP contribution is -2.29. The molecule has 14 heavy (non-hydrogen) atoms. The van der Waals surface area contributed by atoms with E-state index in [2.05, 4.69) is 25.9 Å². The minimum absolute atomic E-state index is 0.334. The zero-order chi connectivity index (χ0) is 10.6. The maximum Gasteiger partial charge on any atom is 0.192 e. The smallest absolute Gasteiger partial charge is 0.192 e. The van der Waals surface area contributed by atoms with Crippen molar-refractivity contribution in [1.82, 2.24) is 0 Å². The van der Waals surface area contributed by atoms with Crippen molar-refractivity contribution in [3.8, 4) is 0 Å². The average molecular weight is 198 g/mol. The Kier molecular flexibility index (Phi) is 3.78. The Bertz CT molecular complexity index is 188. The number of hydrogen-bond acceptors (Lipinski definition) is 3. The summed E-state index contributed by atoms with van der Waals surface area (Å²) in [5, 5.41) is 3.35.